The molecule has 2 amide bonds. The van der Waals surface area contributed by atoms with Crippen molar-refractivity contribution in [3.05, 3.63) is 81.5 Å². The highest BCUT2D eigenvalue weighted by Gasteiger charge is 2.26. The number of amides is 2. The number of aromatic nitrogens is 1. The van der Waals surface area contributed by atoms with Crippen LogP contribution in [0.2, 0.25) is 10.0 Å². The molecule has 0 atom stereocenters. The maximum absolute atomic E-state index is 13.4. The fourth-order valence-electron chi connectivity index (χ4n) is 3.67. The number of rotatable bonds is 6. The number of aliphatic hydroxyl groups is 1. The fraction of sp³-hybridized carbons (Fsp3) is 0.208. The van der Waals surface area contributed by atoms with E-state index in [1.54, 1.807) is 17.0 Å². The number of aliphatic hydroxyl groups excluding tert-OH is 1. The van der Waals surface area contributed by atoms with Gasteiger partial charge in [-0.05, 0) is 42.7 Å². The van der Waals surface area contributed by atoms with Gasteiger partial charge in [0.2, 0.25) is 5.88 Å². The van der Waals surface area contributed by atoms with Gasteiger partial charge >= 0.3 is 0 Å². The zero-order valence-corrected chi connectivity index (χ0v) is 19.1. The summed E-state index contributed by atoms with van der Waals surface area (Å²) < 4.78 is 5.89. The van der Waals surface area contributed by atoms with Crippen molar-refractivity contribution in [3.63, 3.8) is 0 Å². The van der Waals surface area contributed by atoms with Crippen LogP contribution in [-0.4, -0.2) is 41.6 Å². The Morgan fingerprint density at radius 1 is 1.09 bits per heavy atom. The standard InChI is InChI=1S/C24H21Cl2N3O4/c25-18-14-21(19(26)13-17(18)22(31)27-10-12-30)33-23-16(7-3-9-28-23)24(32)29-11-4-6-15-5-1-2-8-20(15)29/h1-3,5,7-9,13-14,30H,4,6,10-12H2,(H,27,31). The third-order valence-electron chi connectivity index (χ3n) is 5.23. The number of aryl methyl sites for hydroxylation is 1. The molecule has 2 heterocycles. The van der Waals surface area contributed by atoms with Gasteiger partial charge < -0.3 is 20.1 Å². The molecule has 4 rings (SSSR count). The minimum atomic E-state index is -0.472. The normalized spacial score (nSPS) is 12.8. The molecule has 0 unspecified atom stereocenters. The summed E-state index contributed by atoms with van der Waals surface area (Å²) in [6.45, 7) is 0.481. The smallest absolute Gasteiger partial charge is 0.263 e. The quantitative estimate of drug-likeness (QED) is 0.536. The zero-order valence-electron chi connectivity index (χ0n) is 17.6. The number of para-hydroxylation sites is 1. The van der Waals surface area contributed by atoms with E-state index in [1.165, 1.54) is 18.3 Å². The molecular formula is C24H21Cl2N3O4. The fourth-order valence-corrected chi connectivity index (χ4v) is 4.12. The molecule has 1 aliphatic rings. The first kappa shape index (κ1) is 23.0. The van der Waals surface area contributed by atoms with Crippen LogP contribution in [0.25, 0.3) is 0 Å². The lowest BCUT2D eigenvalue weighted by Gasteiger charge is -2.29. The number of halogens is 2. The molecule has 1 aliphatic heterocycles. The maximum Gasteiger partial charge on any atom is 0.263 e. The van der Waals surface area contributed by atoms with Gasteiger partial charge in [-0.15, -0.1) is 0 Å². The van der Waals surface area contributed by atoms with Crippen LogP contribution in [0.15, 0.2) is 54.7 Å². The first-order valence-electron chi connectivity index (χ1n) is 10.4. The third kappa shape index (κ3) is 4.95. The summed E-state index contributed by atoms with van der Waals surface area (Å²) in [4.78, 5) is 31.6. The van der Waals surface area contributed by atoms with E-state index < -0.39 is 5.91 Å². The van der Waals surface area contributed by atoms with Crippen molar-refractivity contribution in [1.82, 2.24) is 10.3 Å². The predicted octanol–water partition coefficient (Wildman–Crippen LogP) is 4.50. The lowest BCUT2D eigenvalue weighted by Crippen LogP contribution is -2.35. The topological polar surface area (TPSA) is 91.8 Å². The van der Waals surface area contributed by atoms with Crippen molar-refractivity contribution in [2.45, 2.75) is 12.8 Å². The number of carbonyl (C=O) groups excluding carboxylic acids is 2. The SMILES string of the molecule is O=C(NCCO)c1cc(Cl)c(Oc2ncccc2C(=O)N2CCCc3ccccc32)cc1Cl. The molecule has 0 radical (unpaired) electrons. The van der Waals surface area contributed by atoms with E-state index in [0.717, 1.165) is 24.1 Å². The molecule has 2 aromatic carbocycles. The highest BCUT2D eigenvalue weighted by atomic mass is 35.5. The van der Waals surface area contributed by atoms with Gasteiger partial charge in [0.05, 0.1) is 22.2 Å². The van der Waals surface area contributed by atoms with Crippen LogP contribution in [0.3, 0.4) is 0 Å². The Hall–Kier alpha value is -3.13. The van der Waals surface area contributed by atoms with Crippen LogP contribution in [0, 0.1) is 0 Å². The van der Waals surface area contributed by atoms with Gasteiger partial charge in [0.15, 0.2) is 0 Å². The molecule has 7 nitrogen and oxygen atoms in total. The number of nitrogens with zero attached hydrogens (tertiary/aromatic N) is 2. The molecule has 0 saturated heterocycles. The number of nitrogens with one attached hydrogen (secondary N) is 1. The zero-order chi connectivity index (χ0) is 23.4. The van der Waals surface area contributed by atoms with Crippen LogP contribution in [-0.2, 0) is 6.42 Å². The van der Waals surface area contributed by atoms with E-state index in [0.29, 0.717) is 6.54 Å². The molecule has 170 valence electrons. The van der Waals surface area contributed by atoms with Crippen LogP contribution in [0.5, 0.6) is 11.6 Å². The molecule has 33 heavy (non-hydrogen) atoms. The molecule has 2 N–H and O–H groups in total. The number of pyridine rings is 1. The lowest BCUT2D eigenvalue weighted by atomic mass is 10.0. The Kier molecular flexibility index (Phi) is 7.13. The van der Waals surface area contributed by atoms with Crippen LogP contribution >= 0.6 is 23.2 Å². The summed E-state index contributed by atoms with van der Waals surface area (Å²) in [7, 11) is 0. The summed E-state index contributed by atoms with van der Waals surface area (Å²) in [6.07, 6.45) is 3.30. The van der Waals surface area contributed by atoms with E-state index in [9.17, 15) is 9.59 Å². The minimum absolute atomic E-state index is 0.0843. The predicted molar refractivity (Wildman–Crippen MR) is 127 cm³/mol. The van der Waals surface area contributed by atoms with E-state index >= 15 is 0 Å². The monoisotopic (exact) mass is 485 g/mol. The number of ether oxygens (including phenoxy) is 1. The van der Waals surface area contributed by atoms with E-state index in [4.69, 9.17) is 33.0 Å². The number of carbonyl (C=O) groups is 2. The Labute approximate surface area is 200 Å². The largest absolute Gasteiger partial charge is 0.437 e. The summed E-state index contributed by atoms with van der Waals surface area (Å²) in [5, 5.41) is 11.6. The van der Waals surface area contributed by atoms with Crippen LogP contribution < -0.4 is 15.0 Å². The van der Waals surface area contributed by atoms with Crippen molar-refractivity contribution in [2.24, 2.45) is 0 Å². The lowest BCUT2D eigenvalue weighted by molar-refractivity contribution is 0.0943. The maximum atomic E-state index is 13.4. The second kappa shape index (κ2) is 10.2. The van der Waals surface area contributed by atoms with E-state index in [-0.39, 0.29) is 51.9 Å². The Morgan fingerprint density at radius 3 is 2.73 bits per heavy atom. The van der Waals surface area contributed by atoms with Gasteiger partial charge in [-0.2, -0.15) is 0 Å². The highest BCUT2D eigenvalue weighted by molar-refractivity contribution is 6.36. The summed E-state index contributed by atoms with van der Waals surface area (Å²) in [6, 6.07) is 13.9. The Morgan fingerprint density at radius 2 is 1.91 bits per heavy atom. The summed E-state index contributed by atoms with van der Waals surface area (Å²) in [5.74, 6) is -0.458. The molecule has 0 spiro atoms. The Bertz CT molecular complexity index is 1200. The molecule has 0 saturated carbocycles. The number of fused-ring (bicyclic) bond motifs is 1. The number of benzene rings is 2. The average molecular weight is 486 g/mol. The molecule has 0 bridgehead atoms. The molecule has 9 heteroatoms. The third-order valence-corrected chi connectivity index (χ3v) is 5.84. The second-order valence-corrected chi connectivity index (χ2v) is 8.20. The summed E-state index contributed by atoms with van der Waals surface area (Å²) >= 11 is 12.6. The van der Waals surface area contributed by atoms with Crippen molar-refractivity contribution in [1.29, 1.82) is 0 Å². The van der Waals surface area contributed by atoms with Gasteiger partial charge in [0.25, 0.3) is 11.8 Å². The number of hydrogen-bond acceptors (Lipinski definition) is 5. The van der Waals surface area contributed by atoms with Gasteiger partial charge in [-0.1, -0.05) is 41.4 Å². The molecule has 0 fully saturated rings. The number of anilines is 1. The second-order valence-electron chi connectivity index (χ2n) is 7.39. The van der Waals surface area contributed by atoms with Crippen LogP contribution in [0.4, 0.5) is 5.69 Å². The van der Waals surface area contributed by atoms with Gasteiger partial charge in [-0.3, -0.25) is 9.59 Å². The minimum Gasteiger partial charge on any atom is -0.437 e. The first-order valence-corrected chi connectivity index (χ1v) is 11.2. The molecule has 3 aromatic rings. The van der Waals surface area contributed by atoms with Crippen molar-refractivity contribution in [3.8, 4) is 11.6 Å². The van der Waals surface area contributed by atoms with Crippen molar-refractivity contribution in [2.75, 3.05) is 24.6 Å². The van der Waals surface area contributed by atoms with Crippen molar-refractivity contribution >= 4 is 40.7 Å². The van der Waals surface area contributed by atoms with E-state index in [1.807, 2.05) is 24.3 Å². The van der Waals surface area contributed by atoms with Gasteiger partial charge in [0, 0.05) is 31.0 Å². The van der Waals surface area contributed by atoms with Gasteiger partial charge in [-0.25, -0.2) is 4.98 Å². The Balaban J connectivity index is 1.62. The number of hydrogen-bond donors (Lipinski definition) is 2. The molecule has 0 aliphatic carbocycles. The first-order chi connectivity index (χ1) is 16.0. The summed E-state index contributed by atoms with van der Waals surface area (Å²) in [5.41, 5.74) is 2.42. The average Bonchev–Trinajstić information content (AvgIpc) is 2.84. The molecule has 1 aromatic heterocycles. The van der Waals surface area contributed by atoms with Crippen LogP contribution in [0.1, 0.15) is 32.7 Å². The van der Waals surface area contributed by atoms with Crippen molar-refractivity contribution < 1.29 is 19.4 Å². The van der Waals surface area contributed by atoms with E-state index in [2.05, 4.69) is 10.3 Å². The molecular weight excluding hydrogens is 465 g/mol. The highest BCUT2D eigenvalue weighted by Crippen LogP contribution is 2.36. The van der Waals surface area contributed by atoms with Gasteiger partial charge in [0.1, 0.15) is 11.3 Å².